The molecule has 0 aliphatic heterocycles. The maximum Gasteiger partial charge on any atom is 0.311 e. The van der Waals surface area contributed by atoms with Crippen LogP contribution in [0.5, 0.6) is 0 Å². The molecule has 98 valence electrons. The number of nitrogen functional groups attached to an aromatic ring is 1. The van der Waals surface area contributed by atoms with Crippen LogP contribution in [0.1, 0.15) is 24.8 Å². The molecule has 1 aromatic rings. The molecular formula is C14H20N2O2. The Balaban J connectivity index is 2.11. The number of para-hydroxylation sites is 1. The fourth-order valence-electron chi connectivity index (χ4n) is 2.60. The van der Waals surface area contributed by atoms with Gasteiger partial charge < -0.3 is 16.6 Å². The van der Waals surface area contributed by atoms with Crippen LogP contribution in [-0.4, -0.2) is 17.6 Å². The van der Waals surface area contributed by atoms with Gasteiger partial charge in [-0.05, 0) is 43.2 Å². The predicted molar refractivity (Wildman–Crippen MR) is 71.0 cm³/mol. The third kappa shape index (κ3) is 2.34. The van der Waals surface area contributed by atoms with Crippen molar-refractivity contribution in [3.8, 4) is 0 Å². The molecule has 1 aliphatic rings. The van der Waals surface area contributed by atoms with E-state index in [4.69, 9.17) is 11.5 Å². The molecule has 1 fully saturated rings. The number of rotatable bonds is 6. The zero-order valence-electron chi connectivity index (χ0n) is 10.4. The minimum atomic E-state index is -0.762. The van der Waals surface area contributed by atoms with E-state index in [-0.39, 0.29) is 12.5 Å². The van der Waals surface area contributed by atoms with Crippen LogP contribution in [0, 0.1) is 11.3 Å². The van der Waals surface area contributed by atoms with Crippen LogP contribution in [-0.2, 0) is 11.2 Å². The zero-order valence-corrected chi connectivity index (χ0v) is 10.4. The highest BCUT2D eigenvalue weighted by atomic mass is 16.4. The predicted octanol–water partition coefficient (Wildman–Crippen LogP) is 1.64. The van der Waals surface area contributed by atoms with Crippen molar-refractivity contribution in [2.24, 2.45) is 17.1 Å². The van der Waals surface area contributed by atoms with Crippen LogP contribution in [0.3, 0.4) is 0 Å². The van der Waals surface area contributed by atoms with E-state index in [1.807, 2.05) is 24.3 Å². The number of carboxylic acid groups (broad SMARTS) is 1. The first-order chi connectivity index (χ1) is 8.60. The molecule has 1 saturated carbocycles. The van der Waals surface area contributed by atoms with Crippen molar-refractivity contribution in [1.82, 2.24) is 0 Å². The Labute approximate surface area is 107 Å². The molecule has 0 amide bonds. The average molecular weight is 248 g/mol. The number of carboxylic acids is 1. The van der Waals surface area contributed by atoms with Crippen molar-refractivity contribution in [1.29, 1.82) is 0 Å². The number of anilines is 1. The summed E-state index contributed by atoms with van der Waals surface area (Å²) in [5.41, 5.74) is 12.6. The maximum absolute atomic E-state index is 11.5. The molecule has 4 heteroatoms. The number of hydrogen-bond donors (Lipinski definition) is 3. The summed E-state index contributed by atoms with van der Waals surface area (Å²) in [6.45, 7) is 0.208. The lowest BCUT2D eigenvalue weighted by Crippen LogP contribution is -2.41. The van der Waals surface area contributed by atoms with Gasteiger partial charge in [-0.1, -0.05) is 18.2 Å². The van der Waals surface area contributed by atoms with Gasteiger partial charge in [0.2, 0.25) is 0 Å². The second kappa shape index (κ2) is 4.98. The fraction of sp³-hybridized carbons (Fsp3) is 0.500. The molecule has 5 N–H and O–H groups in total. The largest absolute Gasteiger partial charge is 0.481 e. The van der Waals surface area contributed by atoms with E-state index in [0.29, 0.717) is 12.8 Å². The molecule has 0 bridgehead atoms. The summed E-state index contributed by atoms with van der Waals surface area (Å²) >= 11 is 0. The lowest BCUT2D eigenvalue weighted by molar-refractivity contribution is -0.150. The standard InChI is InChI=1S/C14H20N2O2/c15-9-14(13(17)18,11-5-6-11)8-7-10-3-1-2-4-12(10)16/h1-4,11H,5-9,15-16H2,(H,17,18). The molecule has 0 saturated heterocycles. The first-order valence-corrected chi connectivity index (χ1v) is 6.37. The molecule has 4 nitrogen and oxygen atoms in total. The van der Waals surface area contributed by atoms with Crippen molar-refractivity contribution < 1.29 is 9.90 Å². The van der Waals surface area contributed by atoms with Crippen LogP contribution in [0.15, 0.2) is 24.3 Å². The van der Waals surface area contributed by atoms with E-state index in [1.165, 1.54) is 0 Å². The Morgan fingerprint density at radius 1 is 1.39 bits per heavy atom. The van der Waals surface area contributed by atoms with E-state index in [0.717, 1.165) is 24.1 Å². The highest BCUT2D eigenvalue weighted by Gasteiger charge is 2.49. The van der Waals surface area contributed by atoms with Gasteiger partial charge in [0.1, 0.15) is 0 Å². The van der Waals surface area contributed by atoms with Gasteiger partial charge in [0.25, 0.3) is 0 Å². The maximum atomic E-state index is 11.5. The van der Waals surface area contributed by atoms with Crippen LogP contribution in [0.25, 0.3) is 0 Å². The summed E-state index contributed by atoms with van der Waals surface area (Å²) in [6, 6.07) is 7.60. The van der Waals surface area contributed by atoms with Gasteiger partial charge in [-0.15, -0.1) is 0 Å². The van der Waals surface area contributed by atoms with Crippen LogP contribution >= 0.6 is 0 Å². The number of carbonyl (C=O) groups is 1. The molecule has 1 aliphatic carbocycles. The summed E-state index contributed by atoms with van der Waals surface area (Å²) in [5.74, 6) is -0.521. The quantitative estimate of drug-likeness (QED) is 0.668. The molecule has 0 aromatic heterocycles. The SMILES string of the molecule is NCC(CCc1ccccc1N)(C(=O)O)C1CC1. The molecule has 1 aromatic carbocycles. The molecule has 0 heterocycles. The van der Waals surface area contributed by atoms with Crippen molar-refractivity contribution in [3.05, 3.63) is 29.8 Å². The Hall–Kier alpha value is -1.55. The van der Waals surface area contributed by atoms with Gasteiger partial charge in [-0.2, -0.15) is 0 Å². The van der Waals surface area contributed by atoms with E-state index in [9.17, 15) is 9.90 Å². The second-order valence-corrected chi connectivity index (χ2v) is 5.14. The summed E-state index contributed by atoms with van der Waals surface area (Å²) < 4.78 is 0. The summed E-state index contributed by atoms with van der Waals surface area (Å²) in [4.78, 5) is 11.5. The van der Waals surface area contributed by atoms with Gasteiger partial charge in [0.15, 0.2) is 0 Å². The summed E-state index contributed by atoms with van der Waals surface area (Å²) in [5, 5.41) is 9.47. The third-order valence-electron chi connectivity index (χ3n) is 4.04. The first-order valence-electron chi connectivity index (χ1n) is 6.37. The lowest BCUT2D eigenvalue weighted by atomic mass is 9.77. The molecule has 2 rings (SSSR count). The van der Waals surface area contributed by atoms with Crippen LogP contribution in [0.2, 0.25) is 0 Å². The normalized spacial score (nSPS) is 18.3. The Kier molecular flexibility index (Phi) is 3.57. The Bertz CT molecular complexity index is 443. The highest BCUT2D eigenvalue weighted by molar-refractivity contribution is 5.76. The van der Waals surface area contributed by atoms with Crippen LogP contribution < -0.4 is 11.5 Å². The monoisotopic (exact) mass is 248 g/mol. The number of benzene rings is 1. The smallest absolute Gasteiger partial charge is 0.311 e. The van der Waals surface area contributed by atoms with Crippen molar-refractivity contribution in [2.45, 2.75) is 25.7 Å². The van der Waals surface area contributed by atoms with E-state index in [1.54, 1.807) is 0 Å². The van der Waals surface area contributed by atoms with E-state index < -0.39 is 11.4 Å². The Morgan fingerprint density at radius 3 is 2.56 bits per heavy atom. The molecular weight excluding hydrogens is 228 g/mol. The molecule has 1 unspecified atom stereocenters. The number of aryl methyl sites for hydroxylation is 1. The van der Waals surface area contributed by atoms with Crippen LogP contribution in [0.4, 0.5) is 5.69 Å². The van der Waals surface area contributed by atoms with E-state index in [2.05, 4.69) is 0 Å². The van der Waals surface area contributed by atoms with Crippen molar-refractivity contribution >= 4 is 11.7 Å². The van der Waals surface area contributed by atoms with Crippen molar-refractivity contribution in [3.63, 3.8) is 0 Å². The number of nitrogens with two attached hydrogens (primary N) is 2. The lowest BCUT2D eigenvalue weighted by Gasteiger charge is -2.28. The average Bonchev–Trinajstić information content (AvgIpc) is 3.17. The first kappa shape index (κ1) is 12.9. The third-order valence-corrected chi connectivity index (χ3v) is 4.04. The van der Waals surface area contributed by atoms with Gasteiger partial charge in [-0.25, -0.2) is 0 Å². The molecule has 0 spiro atoms. The molecule has 18 heavy (non-hydrogen) atoms. The highest BCUT2D eigenvalue weighted by Crippen LogP contribution is 2.48. The van der Waals surface area contributed by atoms with E-state index >= 15 is 0 Å². The molecule has 0 radical (unpaired) electrons. The zero-order chi connectivity index (χ0) is 13.2. The van der Waals surface area contributed by atoms with Crippen molar-refractivity contribution in [2.75, 3.05) is 12.3 Å². The van der Waals surface area contributed by atoms with Gasteiger partial charge in [0, 0.05) is 12.2 Å². The van der Waals surface area contributed by atoms with Gasteiger partial charge >= 0.3 is 5.97 Å². The minimum absolute atomic E-state index is 0.208. The van der Waals surface area contributed by atoms with Gasteiger partial charge in [-0.3, -0.25) is 4.79 Å². The van der Waals surface area contributed by atoms with Gasteiger partial charge in [0.05, 0.1) is 5.41 Å². The molecule has 1 atom stereocenters. The summed E-state index contributed by atoms with van der Waals surface area (Å²) in [6.07, 6.45) is 3.20. The number of hydrogen-bond acceptors (Lipinski definition) is 3. The Morgan fingerprint density at radius 2 is 2.06 bits per heavy atom. The minimum Gasteiger partial charge on any atom is -0.481 e. The topological polar surface area (TPSA) is 89.3 Å². The summed E-state index contributed by atoms with van der Waals surface area (Å²) in [7, 11) is 0. The fourth-order valence-corrected chi connectivity index (χ4v) is 2.60. The number of aliphatic carboxylic acids is 1. The second-order valence-electron chi connectivity index (χ2n) is 5.14.